The average molecular weight is 526 g/mol. The highest BCUT2D eigenvalue weighted by Gasteiger charge is 2.37. The van der Waals surface area contributed by atoms with E-state index >= 15 is 0 Å². The van der Waals surface area contributed by atoms with Crippen molar-refractivity contribution < 1.29 is 36.7 Å². The number of aromatic nitrogens is 2. The number of likely N-dealkylation sites (tertiary alicyclic amines) is 1. The summed E-state index contributed by atoms with van der Waals surface area (Å²) < 4.78 is 58.2. The van der Waals surface area contributed by atoms with Crippen molar-refractivity contribution >= 4 is 6.03 Å². The van der Waals surface area contributed by atoms with Crippen LogP contribution in [0.4, 0.5) is 18.0 Å². The summed E-state index contributed by atoms with van der Waals surface area (Å²) in [5.41, 5.74) is 0.812. The Bertz CT molecular complexity index is 1040. The summed E-state index contributed by atoms with van der Waals surface area (Å²) in [7, 11) is 0. The van der Waals surface area contributed by atoms with E-state index in [2.05, 4.69) is 19.8 Å². The van der Waals surface area contributed by atoms with Gasteiger partial charge in [0.2, 0.25) is 5.89 Å². The minimum atomic E-state index is -4.75. The molecule has 3 saturated heterocycles. The van der Waals surface area contributed by atoms with Crippen LogP contribution in [-0.4, -0.2) is 103 Å². The summed E-state index contributed by atoms with van der Waals surface area (Å²) in [6, 6.07) is 5.73. The molecular formula is C24H30F3N5O5. The molecule has 0 spiro atoms. The quantitative estimate of drug-likeness (QED) is 0.589. The van der Waals surface area contributed by atoms with Crippen LogP contribution in [0.1, 0.15) is 35.5 Å². The second-order valence-electron chi connectivity index (χ2n) is 9.47. The highest BCUT2D eigenvalue weighted by atomic mass is 19.4. The molecule has 2 atom stereocenters. The van der Waals surface area contributed by atoms with Crippen LogP contribution in [0.5, 0.6) is 5.75 Å². The number of amides is 2. The molecule has 3 aliphatic heterocycles. The Hall–Kier alpha value is -2.90. The third kappa shape index (κ3) is 6.70. The first-order valence-corrected chi connectivity index (χ1v) is 12.4. The van der Waals surface area contributed by atoms with Crippen LogP contribution in [0.25, 0.3) is 0 Å². The fraction of sp³-hybridized carbons (Fsp3) is 0.625. The van der Waals surface area contributed by atoms with Crippen molar-refractivity contribution in [3.8, 4) is 5.75 Å². The van der Waals surface area contributed by atoms with E-state index in [0.29, 0.717) is 77.3 Å². The Morgan fingerprint density at radius 1 is 0.946 bits per heavy atom. The van der Waals surface area contributed by atoms with Gasteiger partial charge < -0.3 is 28.5 Å². The maximum Gasteiger partial charge on any atom is 0.573 e. The number of nitrogens with zero attached hydrogens (tertiary/aromatic N) is 5. The normalized spacial score (nSPS) is 23.8. The number of ether oxygens (including phenoxy) is 3. The molecule has 3 fully saturated rings. The Morgan fingerprint density at radius 3 is 2.27 bits per heavy atom. The highest BCUT2D eigenvalue weighted by Crippen LogP contribution is 2.37. The molecule has 2 unspecified atom stereocenters. The maximum absolute atomic E-state index is 13.4. The van der Waals surface area contributed by atoms with Gasteiger partial charge in [0.15, 0.2) is 5.82 Å². The number of hydrogen-bond acceptors (Lipinski definition) is 8. The molecule has 0 aliphatic carbocycles. The van der Waals surface area contributed by atoms with Gasteiger partial charge in [0.05, 0.1) is 38.9 Å². The molecule has 202 valence electrons. The summed E-state index contributed by atoms with van der Waals surface area (Å²) in [6.45, 7) is 6.33. The van der Waals surface area contributed by atoms with Gasteiger partial charge in [0, 0.05) is 45.2 Å². The van der Waals surface area contributed by atoms with E-state index in [0.717, 1.165) is 18.7 Å². The number of carbonyl (C=O) groups is 1. The number of carbonyl (C=O) groups excluding carboxylic acids is 1. The largest absolute Gasteiger partial charge is 0.573 e. The first-order valence-electron chi connectivity index (χ1n) is 12.4. The van der Waals surface area contributed by atoms with Gasteiger partial charge in [-0.2, -0.15) is 4.98 Å². The molecule has 1 aromatic heterocycles. The molecule has 0 saturated carbocycles. The van der Waals surface area contributed by atoms with Crippen molar-refractivity contribution in [2.75, 3.05) is 65.7 Å². The summed E-state index contributed by atoms with van der Waals surface area (Å²) in [4.78, 5) is 23.7. The first-order chi connectivity index (χ1) is 17.8. The Balaban J connectivity index is 1.33. The molecule has 0 N–H and O–H groups in total. The summed E-state index contributed by atoms with van der Waals surface area (Å²) in [5.74, 6) is 0.428. The number of piperidine rings is 1. The van der Waals surface area contributed by atoms with Crippen molar-refractivity contribution in [1.82, 2.24) is 24.8 Å². The van der Waals surface area contributed by atoms with E-state index in [1.54, 1.807) is 21.9 Å². The minimum absolute atomic E-state index is 0.0944. The number of halogens is 3. The van der Waals surface area contributed by atoms with Crippen LogP contribution in [0.15, 0.2) is 28.8 Å². The topological polar surface area (TPSA) is 93.4 Å². The highest BCUT2D eigenvalue weighted by molar-refractivity contribution is 5.75. The lowest BCUT2D eigenvalue weighted by Crippen LogP contribution is -2.52. The SMILES string of the molecule is O=C(N1CCOCC1)N1CC(c2ccc(OC(F)(F)F)cc2)CC(c2nc(CN3CCOCC3)no2)C1. The van der Waals surface area contributed by atoms with Gasteiger partial charge >= 0.3 is 12.4 Å². The predicted octanol–water partition coefficient (Wildman–Crippen LogP) is 2.83. The number of urea groups is 1. The molecule has 37 heavy (non-hydrogen) atoms. The van der Waals surface area contributed by atoms with Crippen LogP contribution < -0.4 is 4.74 Å². The average Bonchev–Trinajstić information content (AvgIpc) is 3.37. The lowest BCUT2D eigenvalue weighted by atomic mass is 9.84. The van der Waals surface area contributed by atoms with E-state index < -0.39 is 6.36 Å². The van der Waals surface area contributed by atoms with Crippen molar-refractivity contribution in [3.05, 3.63) is 41.5 Å². The smallest absolute Gasteiger partial charge is 0.406 e. The predicted molar refractivity (Wildman–Crippen MR) is 123 cm³/mol. The van der Waals surface area contributed by atoms with E-state index in [1.807, 2.05) is 0 Å². The summed E-state index contributed by atoms with van der Waals surface area (Å²) in [5, 5.41) is 4.17. The van der Waals surface area contributed by atoms with Crippen molar-refractivity contribution in [1.29, 1.82) is 0 Å². The number of hydrogen-bond donors (Lipinski definition) is 0. The van der Waals surface area contributed by atoms with Gasteiger partial charge in [0.25, 0.3) is 0 Å². The van der Waals surface area contributed by atoms with Crippen LogP contribution in [-0.2, 0) is 16.0 Å². The minimum Gasteiger partial charge on any atom is -0.406 e. The second-order valence-corrected chi connectivity index (χ2v) is 9.47. The molecule has 1 aromatic carbocycles. The monoisotopic (exact) mass is 525 g/mol. The van der Waals surface area contributed by atoms with E-state index in [9.17, 15) is 18.0 Å². The van der Waals surface area contributed by atoms with Crippen molar-refractivity contribution in [2.45, 2.75) is 31.2 Å². The third-order valence-corrected chi connectivity index (χ3v) is 6.89. The van der Waals surface area contributed by atoms with E-state index in [-0.39, 0.29) is 23.6 Å². The van der Waals surface area contributed by atoms with Crippen LogP contribution in [0.2, 0.25) is 0 Å². The Labute approximate surface area is 212 Å². The molecule has 0 bridgehead atoms. The Kier molecular flexibility index (Phi) is 7.81. The zero-order valence-electron chi connectivity index (χ0n) is 20.4. The Morgan fingerprint density at radius 2 is 1.59 bits per heavy atom. The molecule has 3 aliphatic rings. The van der Waals surface area contributed by atoms with Crippen LogP contribution in [0.3, 0.4) is 0 Å². The van der Waals surface area contributed by atoms with Crippen LogP contribution >= 0.6 is 0 Å². The number of alkyl halides is 3. The van der Waals surface area contributed by atoms with Gasteiger partial charge in [-0.3, -0.25) is 4.90 Å². The zero-order chi connectivity index (χ0) is 25.8. The summed E-state index contributed by atoms with van der Waals surface area (Å²) in [6.07, 6.45) is -4.14. The van der Waals surface area contributed by atoms with Crippen LogP contribution in [0, 0.1) is 0 Å². The number of morpholine rings is 2. The lowest BCUT2D eigenvalue weighted by Gasteiger charge is -2.40. The van der Waals surface area contributed by atoms with Gasteiger partial charge in [-0.25, -0.2) is 4.79 Å². The van der Waals surface area contributed by atoms with Gasteiger partial charge in [-0.05, 0) is 24.1 Å². The maximum atomic E-state index is 13.4. The van der Waals surface area contributed by atoms with Crippen molar-refractivity contribution in [3.63, 3.8) is 0 Å². The first kappa shape index (κ1) is 25.7. The van der Waals surface area contributed by atoms with Crippen molar-refractivity contribution in [2.24, 2.45) is 0 Å². The van der Waals surface area contributed by atoms with E-state index in [4.69, 9.17) is 14.0 Å². The third-order valence-electron chi connectivity index (χ3n) is 6.89. The number of benzene rings is 1. The summed E-state index contributed by atoms with van der Waals surface area (Å²) >= 11 is 0. The fourth-order valence-electron chi connectivity index (χ4n) is 5.03. The van der Waals surface area contributed by atoms with E-state index in [1.165, 1.54) is 12.1 Å². The standard InChI is InChI=1S/C24H30F3N5O5/c25-24(26,27)36-20-3-1-17(2-4-20)18-13-19(15-32(14-18)23(33)31-7-11-35-12-8-31)22-28-21(29-37-22)16-30-5-9-34-10-6-30/h1-4,18-19H,5-16H2. The zero-order valence-corrected chi connectivity index (χ0v) is 20.4. The molecule has 2 aromatic rings. The van der Waals surface area contributed by atoms with Gasteiger partial charge in [-0.15, -0.1) is 13.2 Å². The molecule has 13 heteroatoms. The molecule has 0 radical (unpaired) electrons. The number of rotatable bonds is 5. The molecular weight excluding hydrogens is 495 g/mol. The molecule has 4 heterocycles. The lowest BCUT2D eigenvalue weighted by molar-refractivity contribution is -0.274. The van der Waals surface area contributed by atoms with Gasteiger partial charge in [-0.1, -0.05) is 17.3 Å². The van der Waals surface area contributed by atoms with Gasteiger partial charge in [0.1, 0.15) is 5.75 Å². The molecule has 5 rings (SSSR count). The second kappa shape index (κ2) is 11.2. The fourth-order valence-corrected chi connectivity index (χ4v) is 5.03. The molecule has 2 amide bonds. The molecule has 10 nitrogen and oxygen atoms in total.